The van der Waals surface area contributed by atoms with Crippen LogP contribution in [0.5, 0.6) is 0 Å². The number of hydrogen-bond acceptors (Lipinski definition) is 9. The minimum atomic E-state index is 0.391. The van der Waals surface area contributed by atoms with Crippen LogP contribution in [0.3, 0.4) is 0 Å². The zero-order chi connectivity index (χ0) is 20.2. The average Bonchev–Trinajstić information content (AvgIpc) is 3.10. The molecule has 0 atom stereocenters. The number of aryl methyl sites for hydroxylation is 1. The van der Waals surface area contributed by atoms with Gasteiger partial charge in [-0.3, -0.25) is 0 Å². The fourth-order valence-corrected chi connectivity index (χ4v) is 4.16. The molecule has 0 saturated heterocycles. The van der Waals surface area contributed by atoms with E-state index in [1.807, 2.05) is 31.2 Å². The Bertz CT molecular complexity index is 1050. The van der Waals surface area contributed by atoms with Crippen LogP contribution >= 0.6 is 46.3 Å². The molecular weight excluding hydrogens is 449 g/mol. The van der Waals surface area contributed by atoms with Gasteiger partial charge >= 0.3 is 0 Å². The summed E-state index contributed by atoms with van der Waals surface area (Å²) in [7, 11) is 0. The van der Waals surface area contributed by atoms with Crippen molar-refractivity contribution in [1.82, 2.24) is 25.1 Å². The van der Waals surface area contributed by atoms with Crippen molar-refractivity contribution in [2.45, 2.75) is 16.4 Å². The first kappa shape index (κ1) is 19.8. The van der Waals surface area contributed by atoms with Crippen LogP contribution in [0.25, 0.3) is 0 Å². The summed E-state index contributed by atoms with van der Waals surface area (Å²) in [6.45, 7) is 1.90. The third-order valence-electron chi connectivity index (χ3n) is 3.50. The van der Waals surface area contributed by atoms with Gasteiger partial charge in [0.2, 0.25) is 17.1 Å². The first-order valence-corrected chi connectivity index (χ1v) is 10.7. The van der Waals surface area contributed by atoms with Gasteiger partial charge in [0.05, 0.1) is 0 Å². The molecule has 0 saturated carbocycles. The van der Waals surface area contributed by atoms with E-state index in [4.69, 9.17) is 23.2 Å². The van der Waals surface area contributed by atoms with Gasteiger partial charge in [-0.25, -0.2) is 0 Å². The molecule has 2 aromatic heterocycles. The molecule has 0 aliphatic carbocycles. The molecular formula is C18H13Cl2N7S2. The van der Waals surface area contributed by atoms with Gasteiger partial charge in [-0.05, 0) is 67.2 Å². The zero-order valence-corrected chi connectivity index (χ0v) is 18.1. The Balaban J connectivity index is 1.63. The summed E-state index contributed by atoms with van der Waals surface area (Å²) in [5.74, 6) is 0.782. The maximum atomic E-state index is 5.96. The lowest BCUT2D eigenvalue weighted by atomic mass is 10.3. The molecule has 0 amide bonds. The predicted molar refractivity (Wildman–Crippen MR) is 118 cm³/mol. The molecule has 146 valence electrons. The highest BCUT2D eigenvalue weighted by Crippen LogP contribution is 2.29. The number of aromatic nitrogens is 5. The maximum absolute atomic E-state index is 5.96. The fourth-order valence-electron chi connectivity index (χ4n) is 2.24. The van der Waals surface area contributed by atoms with Crippen LogP contribution in [-0.2, 0) is 0 Å². The lowest BCUT2D eigenvalue weighted by Crippen LogP contribution is -2.05. The number of rotatable bonds is 6. The molecule has 0 aliphatic rings. The number of anilines is 4. The molecule has 2 heterocycles. The van der Waals surface area contributed by atoms with E-state index >= 15 is 0 Å². The quantitative estimate of drug-likeness (QED) is 0.362. The molecule has 0 fully saturated rings. The van der Waals surface area contributed by atoms with Crippen molar-refractivity contribution in [3.05, 3.63) is 63.6 Å². The van der Waals surface area contributed by atoms with Gasteiger partial charge < -0.3 is 10.6 Å². The number of nitrogens with one attached hydrogen (secondary N) is 2. The number of halogens is 2. The second-order valence-electron chi connectivity index (χ2n) is 5.72. The molecule has 0 radical (unpaired) electrons. The monoisotopic (exact) mass is 461 g/mol. The van der Waals surface area contributed by atoms with Crippen LogP contribution in [0.2, 0.25) is 10.0 Å². The van der Waals surface area contributed by atoms with Crippen molar-refractivity contribution in [2.24, 2.45) is 0 Å². The van der Waals surface area contributed by atoms with E-state index in [1.165, 1.54) is 23.1 Å². The number of nitrogens with zero attached hydrogens (tertiary/aromatic N) is 5. The van der Waals surface area contributed by atoms with Crippen LogP contribution in [0.1, 0.15) is 5.01 Å². The molecule has 0 aliphatic heterocycles. The Morgan fingerprint density at radius 2 is 1.28 bits per heavy atom. The summed E-state index contributed by atoms with van der Waals surface area (Å²) in [6.07, 6.45) is 0. The molecule has 4 rings (SSSR count). The number of benzene rings is 2. The van der Waals surface area contributed by atoms with Crippen molar-refractivity contribution >= 4 is 69.6 Å². The van der Waals surface area contributed by atoms with Gasteiger partial charge in [-0.15, -0.1) is 10.2 Å². The van der Waals surface area contributed by atoms with E-state index < -0.39 is 0 Å². The van der Waals surface area contributed by atoms with Gasteiger partial charge in [0, 0.05) is 21.4 Å². The van der Waals surface area contributed by atoms with E-state index in [2.05, 4.69) is 35.8 Å². The van der Waals surface area contributed by atoms with Gasteiger partial charge in [0.15, 0.2) is 4.34 Å². The summed E-state index contributed by atoms with van der Waals surface area (Å²) in [6, 6.07) is 14.5. The second-order valence-corrected chi connectivity index (χ2v) is 8.99. The van der Waals surface area contributed by atoms with Crippen molar-refractivity contribution in [3.8, 4) is 0 Å². The molecule has 0 bridgehead atoms. The summed E-state index contributed by atoms with van der Waals surface area (Å²) < 4.78 is 0.753. The van der Waals surface area contributed by atoms with Gasteiger partial charge in [-0.2, -0.15) is 15.0 Å². The Morgan fingerprint density at radius 1 is 0.759 bits per heavy atom. The third kappa shape index (κ3) is 5.54. The second kappa shape index (κ2) is 8.91. The van der Waals surface area contributed by atoms with Crippen molar-refractivity contribution in [1.29, 1.82) is 0 Å². The first-order valence-electron chi connectivity index (χ1n) is 8.33. The highest BCUT2D eigenvalue weighted by atomic mass is 35.5. The molecule has 4 aromatic rings. The minimum absolute atomic E-state index is 0.391. The van der Waals surface area contributed by atoms with Gasteiger partial charge in [0.1, 0.15) is 5.01 Å². The van der Waals surface area contributed by atoms with Crippen molar-refractivity contribution in [3.63, 3.8) is 0 Å². The predicted octanol–water partition coefficient (Wildman–Crippen LogP) is 5.98. The Hall–Kier alpha value is -2.46. The average molecular weight is 462 g/mol. The molecule has 0 spiro atoms. The topological polar surface area (TPSA) is 88.5 Å². The van der Waals surface area contributed by atoms with Gasteiger partial charge in [0.25, 0.3) is 0 Å². The van der Waals surface area contributed by atoms with Crippen molar-refractivity contribution < 1.29 is 0 Å². The largest absolute Gasteiger partial charge is 0.324 e. The van der Waals surface area contributed by atoms with E-state index in [0.717, 1.165) is 20.7 Å². The molecule has 2 N–H and O–H groups in total. The lowest BCUT2D eigenvalue weighted by Gasteiger charge is -2.10. The molecule has 11 heteroatoms. The summed E-state index contributed by atoms with van der Waals surface area (Å²) in [5.41, 5.74) is 1.61. The van der Waals surface area contributed by atoms with Crippen LogP contribution < -0.4 is 10.6 Å². The van der Waals surface area contributed by atoms with Crippen LogP contribution in [0.4, 0.5) is 23.3 Å². The van der Waals surface area contributed by atoms with E-state index in [0.29, 0.717) is 27.1 Å². The van der Waals surface area contributed by atoms with Crippen LogP contribution in [0.15, 0.2) is 58.0 Å². The number of hydrogen-bond donors (Lipinski definition) is 2. The summed E-state index contributed by atoms with van der Waals surface area (Å²) in [4.78, 5) is 13.4. The lowest BCUT2D eigenvalue weighted by molar-refractivity contribution is 0.913. The van der Waals surface area contributed by atoms with Crippen LogP contribution in [-0.4, -0.2) is 25.1 Å². The fraction of sp³-hybridized carbons (Fsp3) is 0.0556. The normalized spacial score (nSPS) is 10.7. The Morgan fingerprint density at radius 3 is 1.72 bits per heavy atom. The van der Waals surface area contributed by atoms with Crippen molar-refractivity contribution in [2.75, 3.05) is 10.6 Å². The molecule has 7 nitrogen and oxygen atoms in total. The van der Waals surface area contributed by atoms with E-state index in [1.54, 1.807) is 24.3 Å². The highest BCUT2D eigenvalue weighted by Gasteiger charge is 2.12. The van der Waals surface area contributed by atoms with E-state index in [9.17, 15) is 0 Å². The maximum Gasteiger partial charge on any atom is 0.233 e. The molecule has 0 unspecified atom stereocenters. The van der Waals surface area contributed by atoms with E-state index in [-0.39, 0.29) is 0 Å². The summed E-state index contributed by atoms with van der Waals surface area (Å²) in [5, 5.41) is 17.2. The Kier molecular flexibility index (Phi) is 6.10. The highest BCUT2D eigenvalue weighted by molar-refractivity contribution is 8.00. The smallest absolute Gasteiger partial charge is 0.233 e. The third-order valence-corrected chi connectivity index (χ3v) is 5.76. The Labute approximate surface area is 185 Å². The zero-order valence-electron chi connectivity index (χ0n) is 14.9. The molecule has 29 heavy (non-hydrogen) atoms. The standard InChI is InChI=1S/C18H13Cl2N7S2/c1-10-26-27-18(28-10)29-17-24-15(21-13-6-2-11(19)3-7-13)23-16(25-17)22-14-8-4-12(20)5-9-14/h2-9H,1H3,(H2,21,22,23,24,25). The summed E-state index contributed by atoms with van der Waals surface area (Å²) >= 11 is 14.7. The van der Waals surface area contributed by atoms with Gasteiger partial charge in [-0.1, -0.05) is 34.5 Å². The first-order chi connectivity index (χ1) is 14.0. The SMILES string of the molecule is Cc1nnc(Sc2nc(Nc3ccc(Cl)cc3)nc(Nc3ccc(Cl)cc3)n2)s1. The van der Waals surface area contributed by atoms with Crippen LogP contribution in [0, 0.1) is 6.92 Å². The molecule has 2 aromatic carbocycles. The minimum Gasteiger partial charge on any atom is -0.324 e.